The molecule has 160 valence electrons. The Morgan fingerprint density at radius 3 is 2.94 bits per heavy atom. The molecule has 0 fully saturated rings. The Bertz CT molecular complexity index is 1180. The number of nitrogens with zero attached hydrogens (tertiary/aromatic N) is 4. The number of benzene rings is 1. The molecule has 0 radical (unpaired) electrons. The van der Waals surface area contributed by atoms with Gasteiger partial charge in [-0.05, 0) is 48.9 Å². The monoisotopic (exact) mass is 441 g/mol. The molecule has 0 aliphatic carbocycles. The van der Waals surface area contributed by atoms with Crippen LogP contribution in [0.3, 0.4) is 0 Å². The molecule has 3 heterocycles. The van der Waals surface area contributed by atoms with E-state index in [4.69, 9.17) is 11.6 Å². The van der Waals surface area contributed by atoms with Crippen LogP contribution in [0.1, 0.15) is 32.9 Å². The number of anilines is 1. The maximum absolute atomic E-state index is 12.7. The number of carbonyl (C=O) groups is 2. The van der Waals surface area contributed by atoms with Crippen molar-refractivity contribution in [2.24, 2.45) is 0 Å². The van der Waals surface area contributed by atoms with Gasteiger partial charge in [0, 0.05) is 34.2 Å². The first-order chi connectivity index (χ1) is 14.8. The quantitative estimate of drug-likeness (QED) is 0.428. The number of tetrazole rings is 1. The molecule has 4 rings (SSSR count). The topological polar surface area (TPSA) is 138 Å². The summed E-state index contributed by atoms with van der Waals surface area (Å²) in [4.78, 5) is 29.6. The third kappa shape index (κ3) is 4.21. The van der Waals surface area contributed by atoms with Crippen LogP contribution in [-0.2, 0) is 11.3 Å². The van der Waals surface area contributed by atoms with Crippen LogP contribution in [0.5, 0.6) is 0 Å². The van der Waals surface area contributed by atoms with Crippen molar-refractivity contribution >= 4 is 40.8 Å². The van der Waals surface area contributed by atoms with E-state index in [-0.39, 0.29) is 24.9 Å². The van der Waals surface area contributed by atoms with E-state index in [0.29, 0.717) is 44.4 Å². The van der Waals surface area contributed by atoms with Crippen LogP contribution in [0.2, 0.25) is 5.02 Å². The maximum Gasteiger partial charge on any atom is 0.256 e. The van der Waals surface area contributed by atoms with E-state index in [9.17, 15) is 14.7 Å². The summed E-state index contributed by atoms with van der Waals surface area (Å²) in [5, 5.41) is 27.2. The van der Waals surface area contributed by atoms with Crippen molar-refractivity contribution in [3.63, 3.8) is 0 Å². The normalized spacial score (nSPS) is 15.1. The van der Waals surface area contributed by atoms with Crippen LogP contribution in [0.15, 0.2) is 24.5 Å². The molecule has 1 aliphatic heterocycles. The van der Waals surface area contributed by atoms with Gasteiger partial charge in [-0.1, -0.05) is 11.6 Å². The number of fused-ring (bicyclic) bond motifs is 1. The zero-order valence-electron chi connectivity index (χ0n) is 16.8. The van der Waals surface area contributed by atoms with E-state index in [0.717, 1.165) is 0 Å². The summed E-state index contributed by atoms with van der Waals surface area (Å²) in [7, 11) is 0. The highest BCUT2D eigenvalue weighted by molar-refractivity contribution is 6.36. The van der Waals surface area contributed by atoms with Crippen molar-refractivity contribution in [2.45, 2.75) is 26.5 Å². The van der Waals surface area contributed by atoms with Gasteiger partial charge in [0.2, 0.25) is 0 Å². The van der Waals surface area contributed by atoms with Crippen molar-refractivity contribution in [3.05, 3.63) is 57.6 Å². The van der Waals surface area contributed by atoms with Crippen molar-refractivity contribution < 1.29 is 14.7 Å². The van der Waals surface area contributed by atoms with Crippen molar-refractivity contribution in [2.75, 3.05) is 11.9 Å². The number of H-pyrrole nitrogens is 1. The number of amides is 2. The van der Waals surface area contributed by atoms with Gasteiger partial charge in [0.15, 0.2) is 6.33 Å². The summed E-state index contributed by atoms with van der Waals surface area (Å²) in [6.07, 6.45) is 2.11. The number of aromatic nitrogens is 5. The van der Waals surface area contributed by atoms with Gasteiger partial charge in [0.05, 0.1) is 23.8 Å². The van der Waals surface area contributed by atoms with E-state index in [2.05, 4.69) is 31.0 Å². The number of aliphatic hydroxyl groups is 1. The van der Waals surface area contributed by atoms with E-state index in [1.54, 1.807) is 38.1 Å². The summed E-state index contributed by atoms with van der Waals surface area (Å²) in [6, 6.07) is 5.19. The first kappa shape index (κ1) is 20.8. The molecule has 0 saturated carbocycles. The minimum atomic E-state index is -0.872. The Hall–Kier alpha value is -3.50. The number of aryl methyl sites for hydroxylation is 1. The van der Waals surface area contributed by atoms with E-state index in [1.165, 1.54) is 11.1 Å². The second kappa shape index (κ2) is 8.32. The lowest BCUT2D eigenvalue weighted by molar-refractivity contribution is -0.110. The summed E-state index contributed by atoms with van der Waals surface area (Å²) < 4.78 is 0. The highest BCUT2D eigenvalue weighted by Crippen LogP contribution is 2.35. The molecule has 0 spiro atoms. The molecule has 2 amide bonds. The van der Waals surface area contributed by atoms with Crippen LogP contribution in [0.25, 0.3) is 11.6 Å². The number of carbonyl (C=O) groups excluding carboxylic acids is 2. The highest BCUT2D eigenvalue weighted by Gasteiger charge is 2.26. The predicted octanol–water partition coefficient (Wildman–Crippen LogP) is 1.56. The molecule has 1 unspecified atom stereocenters. The van der Waals surface area contributed by atoms with Gasteiger partial charge < -0.3 is 20.7 Å². The fourth-order valence-corrected chi connectivity index (χ4v) is 3.70. The van der Waals surface area contributed by atoms with Crippen molar-refractivity contribution in [1.82, 2.24) is 30.5 Å². The van der Waals surface area contributed by atoms with Gasteiger partial charge >= 0.3 is 0 Å². The third-order valence-electron chi connectivity index (χ3n) is 5.02. The van der Waals surface area contributed by atoms with Crippen LogP contribution >= 0.6 is 11.6 Å². The van der Waals surface area contributed by atoms with Crippen LogP contribution in [-0.4, -0.2) is 54.8 Å². The average molecular weight is 442 g/mol. The summed E-state index contributed by atoms with van der Waals surface area (Å²) in [6.45, 7) is 3.71. The molecule has 4 N–H and O–H groups in total. The van der Waals surface area contributed by atoms with Crippen LogP contribution < -0.4 is 10.6 Å². The van der Waals surface area contributed by atoms with Gasteiger partial charge in [0.1, 0.15) is 0 Å². The number of hydrogen-bond acceptors (Lipinski definition) is 6. The Balaban J connectivity index is 1.53. The molecule has 1 aromatic carbocycles. The highest BCUT2D eigenvalue weighted by atomic mass is 35.5. The second-order valence-electron chi connectivity index (χ2n) is 7.22. The lowest BCUT2D eigenvalue weighted by Gasteiger charge is -2.11. The van der Waals surface area contributed by atoms with Crippen molar-refractivity contribution in [1.29, 1.82) is 0 Å². The molecule has 10 nitrogen and oxygen atoms in total. The standard InChI is InChI=1S/C20H20ClN7O3/c1-10-17(6-15-14-5-12(21)3-4-16(14)26-19(15)30)25-11(2)18(10)20(31)22-7-13(29)8-28-24-9-23-27-28/h3-6,9,13,25,29H,7-8H2,1-2H3,(H,22,31)(H,26,30)/b15-6-. The average Bonchev–Trinajstić information content (AvgIpc) is 3.40. The van der Waals surface area contributed by atoms with Gasteiger partial charge in [-0.2, -0.15) is 4.80 Å². The minimum Gasteiger partial charge on any atom is -0.389 e. The van der Waals surface area contributed by atoms with Gasteiger partial charge in [-0.25, -0.2) is 0 Å². The Labute approximate surface area is 182 Å². The minimum absolute atomic E-state index is 0.0230. The third-order valence-corrected chi connectivity index (χ3v) is 5.26. The lowest BCUT2D eigenvalue weighted by Crippen LogP contribution is -2.35. The second-order valence-corrected chi connectivity index (χ2v) is 7.66. The number of halogens is 1. The first-order valence-electron chi connectivity index (χ1n) is 9.52. The molecular weight excluding hydrogens is 422 g/mol. The van der Waals surface area contributed by atoms with E-state index < -0.39 is 6.10 Å². The molecule has 3 aromatic rings. The lowest BCUT2D eigenvalue weighted by atomic mass is 10.0. The van der Waals surface area contributed by atoms with E-state index in [1.807, 2.05) is 0 Å². The number of aliphatic hydroxyl groups excluding tert-OH is 1. The summed E-state index contributed by atoms with van der Waals surface area (Å²) >= 11 is 6.09. The molecule has 0 bridgehead atoms. The van der Waals surface area contributed by atoms with Gasteiger partial charge in [-0.15, -0.1) is 10.2 Å². The zero-order valence-corrected chi connectivity index (χ0v) is 17.6. The molecule has 1 atom stereocenters. The summed E-state index contributed by atoms with van der Waals surface area (Å²) in [5.41, 5.74) is 4.31. The first-order valence-corrected chi connectivity index (χ1v) is 9.90. The van der Waals surface area contributed by atoms with Crippen LogP contribution in [0, 0.1) is 13.8 Å². The summed E-state index contributed by atoms with van der Waals surface area (Å²) in [5.74, 6) is -0.569. The Morgan fingerprint density at radius 2 is 2.19 bits per heavy atom. The SMILES string of the molecule is Cc1[nH]c(/C=C2\C(=O)Nc3ccc(Cl)cc32)c(C)c1C(=O)NCC(O)Cn1ncnn1. The largest absolute Gasteiger partial charge is 0.389 e. The molecule has 0 saturated heterocycles. The molecule has 31 heavy (non-hydrogen) atoms. The smallest absolute Gasteiger partial charge is 0.256 e. The maximum atomic E-state index is 12.7. The van der Waals surface area contributed by atoms with E-state index >= 15 is 0 Å². The molecule has 11 heteroatoms. The van der Waals surface area contributed by atoms with Gasteiger partial charge in [-0.3, -0.25) is 9.59 Å². The van der Waals surface area contributed by atoms with Crippen molar-refractivity contribution in [3.8, 4) is 0 Å². The Morgan fingerprint density at radius 1 is 1.39 bits per heavy atom. The zero-order chi connectivity index (χ0) is 22.1. The number of hydrogen-bond donors (Lipinski definition) is 4. The Kier molecular flexibility index (Phi) is 5.57. The van der Waals surface area contributed by atoms with Gasteiger partial charge in [0.25, 0.3) is 11.8 Å². The number of nitrogens with one attached hydrogen (secondary N) is 3. The fraction of sp³-hybridized carbons (Fsp3) is 0.250. The predicted molar refractivity (Wildman–Crippen MR) is 114 cm³/mol. The van der Waals surface area contributed by atoms with Crippen LogP contribution in [0.4, 0.5) is 5.69 Å². The molecule has 2 aromatic heterocycles. The number of aromatic amines is 1. The molecular formula is C20H20ClN7O3. The number of rotatable bonds is 6. The molecule has 1 aliphatic rings. The fourth-order valence-electron chi connectivity index (χ4n) is 3.53.